The van der Waals surface area contributed by atoms with E-state index < -0.39 is 32.6 Å². The zero-order valence-corrected chi connectivity index (χ0v) is 12.8. The average Bonchev–Trinajstić information content (AvgIpc) is 2.31. The Morgan fingerprint density at radius 2 is 2.00 bits per heavy atom. The van der Waals surface area contributed by atoms with Crippen molar-refractivity contribution < 1.29 is 17.2 Å². The molecular formula is C12H16F2N2O2S2. The molecule has 0 aliphatic carbocycles. The van der Waals surface area contributed by atoms with Gasteiger partial charge in [-0.05, 0) is 32.0 Å². The van der Waals surface area contributed by atoms with Gasteiger partial charge in [-0.25, -0.2) is 17.2 Å². The number of benzene rings is 1. The summed E-state index contributed by atoms with van der Waals surface area (Å²) in [5.74, 6) is -1.81. The monoisotopic (exact) mass is 322 g/mol. The van der Waals surface area contributed by atoms with E-state index in [0.717, 1.165) is 16.4 Å². The van der Waals surface area contributed by atoms with Crippen molar-refractivity contribution >= 4 is 27.2 Å². The van der Waals surface area contributed by atoms with Gasteiger partial charge in [-0.2, -0.15) is 4.31 Å². The lowest BCUT2D eigenvalue weighted by atomic mass is 10.3. The van der Waals surface area contributed by atoms with Crippen molar-refractivity contribution in [3.8, 4) is 0 Å². The minimum absolute atomic E-state index is 0.0191. The summed E-state index contributed by atoms with van der Waals surface area (Å²) in [6.07, 6.45) is 0.170. The van der Waals surface area contributed by atoms with Crippen molar-refractivity contribution in [2.45, 2.75) is 31.2 Å². The third-order valence-corrected chi connectivity index (χ3v) is 4.93. The van der Waals surface area contributed by atoms with Gasteiger partial charge in [0.2, 0.25) is 10.0 Å². The van der Waals surface area contributed by atoms with Gasteiger partial charge in [0.05, 0.1) is 4.99 Å². The average molecular weight is 322 g/mol. The number of halogens is 2. The van der Waals surface area contributed by atoms with Gasteiger partial charge in [0.15, 0.2) is 0 Å². The fourth-order valence-electron chi connectivity index (χ4n) is 1.68. The Labute approximate surface area is 122 Å². The van der Waals surface area contributed by atoms with E-state index in [0.29, 0.717) is 6.07 Å². The lowest BCUT2D eigenvalue weighted by molar-refractivity contribution is 0.359. The molecule has 0 heterocycles. The van der Waals surface area contributed by atoms with Crippen LogP contribution in [0.25, 0.3) is 0 Å². The Balaban J connectivity index is 3.22. The first-order chi connectivity index (χ1) is 9.16. The van der Waals surface area contributed by atoms with Crippen molar-refractivity contribution in [3.63, 3.8) is 0 Å². The van der Waals surface area contributed by atoms with Crippen LogP contribution in [0.5, 0.6) is 0 Å². The highest BCUT2D eigenvalue weighted by Crippen LogP contribution is 2.22. The first-order valence-electron chi connectivity index (χ1n) is 5.91. The molecule has 0 bridgehead atoms. The Kier molecular flexibility index (Phi) is 5.55. The quantitative estimate of drug-likeness (QED) is 0.814. The second kappa shape index (κ2) is 6.55. The van der Waals surface area contributed by atoms with Crippen LogP contribution in [-0.2, 0) is 10.0 Å². The summed E-state index contributed by atoms with van der Waals surface area (Å²) < 4.78 is 52.7. The Morgan fingerprint density at radius 1 is 1.40 bits per heavy atom. The minimum atomic E-state index is -4.15. The van der Waals surface area contributed by atoms with E-state index in [1.54, 1.807) is 13.8 Å². The summed E-state index contributed by atoms with van der Waals surface area (Å²) in [6, 6.07) is 1.88. The highest BCUT2D eigenvalue weighted by atomic mass is 32.2. The summed E-state index contributed by atoms with van der Waals surface area (Å²) in [5.41, 5.74) is 5.35. The Morgan fingerprint density at radius 3 is 2.50 bits per heavy atom. The zero-order chi connectivity index (χ0) is 15.5. The van der Waals surface area contributed by atoms with Crippen molar-refractivity contribution in [2.24, 2.45) is 5.73 Å². The summed E-state index contributed by atoms with van der Waals surface area (Å²) in [5, 5.41) is 0. The molecule has 0 aromatic heterocycles. The van der Waals surface area contributed by atoms with Crippen molar-refractivity contribution in [2.75, 3.05) is 6.54 Å². The van der Waals surface area contributed by atoms with Crippen LogP contribution in [0, 0.1) is 11.6 Å². The lowest BCUT2D eigenvalue weighted by Gasteiger charge is -2.25. The van der Waals surface area contributed by atoms with Crippen LogP contribution in [0.15, 0.2) is 23.1 Å². The highest BCUT2D eigenvalue weighted by molar-refractivity contribution is 7.89. The number of hydrogen-bond donors (Lipinski definition) is 1. The highest BCUT2D eigenvalue weighted by Gasteiger charge is 2.29. The summed E-state index contributed by atoms with van der Waals surface area (Å²) in [7, 11) is -4.15. The smallest absolute Gasteiger partial charge is 0.246 e. The van der Waals surface area contributed by atoms with E-state index in [4.69, 9.17) is 18.0 Å². The van der Waals surface area contributed by atoms with Gasteiger partial charge in [-0.3, -0.25) is 0 Å². The van der Waals surface area contributed by atoms with Crippen LogP contribution in [0.2, 0.25) is 0 Å². The van der Waals surface area contributed by atoms with Crippen LogP contribution >= 0.6 is 12.2 Å². The molecule has 0 fully saturated rings. The third-order valence-electron chi connectivity index (χ3n) is 2.63. The molecule has 0 atom stereocenters. The first-order valence-corrected chi connectivity index (χ1v) is 7.76. The fourth-order valence-corrected chi connectivity index (χ4v) is 3.48. The van der Waals surface area contributed by atoms with Gasteiger partial charge < -0.3 is 5.73 Å². The topological polar surface area (TPSA) is 63.4 Å². The maximum absolute atomic E-state index is 13.7. The van der Waals surface area contributed by atoms with Crippen molar-refractivity contribution in [1.29, 1.82) is 0 Å². The van der Waals surface area contributed by atoms with Crippen LogP contribution in [-0.4, -0.2) is 30.3 Å². The number of hydrogen-bond acceptors (Lipinski definition) is 3. The standard InChI is InChI=1S/C12H16F2N2O2S2/c1-8(2)16(6-5-12(15)19)20(17,18)11-7-9(13)3-4-10(11)14/h3-4,7-8H,5-6H2,1-2H3,(H2,15,19). The molecule has 1 aromatic carbocycles. The molecule has 0 saturated carbocycles. The molecule has 0 amide bonds. The Bertz CT molecular complexity index is 603. The molecule has 0 radical (unpaired) electrons. The van der Waals surface area contributed by atoms with Crippen LogP contribution in [0.4, 0.5) is 8.78 Å². The molecule has 2 N–H and O–H groups in total. The molecule has 112 valence electrons. The van der Waals surface area contributed by atoms with E-state index in [9.17, 15) is 17.2 Å². The molecule has 20 heavy (non-hydrogen) atoms. The number of nitrogens with zero attached hydrogens (tertiary/aromatic N) is 1. The second-order valence-electron chi connectivity index (χ2n) is 4.50. The maximum atomic E-state index is 13.7. The third kappa shape index (κ3) is 3.94. The van der Waals surface area contributed by atoms with Gasteiger partial charge in [0.1, 0.15) is 16.5 Å². The molecule has 0 aliphatic heterocycles. The molecule has 0 saturated heterocycles. The van der Waals surface area contributed by atoms with Gasteiger partial charge >= 0.3 is 0 Å². The van der Waals surface area contributed by atoms with Gasteiger partial charge in [0, 0.05) is 19.0 Å². The zero-order valence-electron chi connectivity index (χ0n) is 11.1. The molecule has 0 spiro atoms. The number of sulfonamides is 1. The van der Waals surface area contributed by atoms with Crippen molar-refractivity contribution in [3.05, 3.63) is 29.8 Å². The molecular weight excluding hydrogens is 306 g/mol. The number of nitrogens with two attached hydrogens (primary N) is 1. The van der Waals surface area contributed by atoms with Gasteiger partial charge in [0.25, 0.3) is 0 Å². The number of thiocarbonyl (C=S) groups is 1. The molecule has 1 rings (SSSR count). The summed E-state index contributed by atoms with van der Waals surface area (Å²) >= 11 is 4.71. The minimum Gasteiger partial charge on any atom is -0.393 e. The van der Waals surface area contributed by atoms with Gasteiger partial charge in [-0.15, -0.1) is 0 Å². The van der Waals surface area contributed by atoms with Gasteiger partial charge in [-0.1, -0.05) is 12.2 Å². The van der Waals surface area contributed by atoms with E-state index >= 15 is 0 Å². The molecule has 1 aromatic rings. The normalized spacial score (nSPS) is 12.1. The SMILES string of the molecule is CC(C)N(CCC(N)=S)S(=O)(=O)c1cc(F)ccc1F. The molecule has 4 nitrogen and oxygen atoms in total. The van der Waals surface area contributed by atoms with Crippen molar-refractivity contribution in [1.82, 2.24) is 4.31 Å². The predicted octanol–water partition coefficient (Wildman–Crippen LogP) is 2.04. The van der Waals surface area contributed by atoms with Crippen LogP contribution in [0.1, 0.15) is 20.3 Å². The van der Waals surface area contributed by atoms with Crippen LogP contribution < -0.4 is 5.73 Å². The second-order valence-corrected chi connectivity index (χ2v) is 6.88. The fraction of sp³-hybridized carbons (Fsp3) is 0.417. The lowest BCUT2D eigenvalue weighted by Crippen LogP contribution is -2.39. The van der Waals surface area contributed by atoms with E-state index in [-0.39, 0.29) is 18.0 Å². The van der Waals surface area contributed by atoms with E-state index in [1.807, 2.05) is 0 Å². The van der Waals surface area contributed by atoms with Crippen LogP contribution in [0.3, 0.4) is 0 Å². The first kappa shape index (κ1) is 16.9. The Hall–Kier alpha value is -1.12. The predicted molar refractivity (Wildman–Crippen MR) is 76.8 cm³/mol. The van der Waals surface area contributed by atoms with E-state index in [2.05, 4.69) is 0 Å². The molecule has 8 heteroatoms. The number of rotatable bonds is 6. The summed E-state index contributed by atoms with van der Waals surface area (Å²) in [6.45, 7) is 3.29. The maximum Gasteiger partial charge on any atom is 0.246 e. The molecule has 0 unspecified atom stereocenters. The summed E-state index contributed by atoms with van der Waals surface area (Å²) in [4.78, 5) is -0.528. The largest absolute Gasteiger partial charge is 0.393 e. The molecule has 0 aliphatic rings. The van der Waals surface area contributed by atoms with E-state index in [1.165, 1.54) is 0 Å².